The molecule has 0 radical (unpaired) electrons. The van der Waals surface area contributed by atoms with E-state index < -0.39 is 0 Å². The van der Waals surface area contributed by atoms with E-state index in [0.29, 0.717) is 29.7 Å². The van der Waals surface area contributed by atoms with Gasteiger partial charge in [-0.15, -0.1) is 0 Å². The summed E-state index contributed by atoms with van der Waals surface area (Å²) in [5.41, 5.74) is 6.36. The van der Waals surface area contributed by atoms with E-state index in [2.05, 4.69) is 10.2 Å². The van der Waals surface area contributed by atoms with Gasteiger partial charge in [0.15, 0.2) is 0 Å². The molecule has 1 aromatic carbocycles. The van der Waals surface area contributed by atoms with Crippen molar-refractivity contribution in [3.63, 3.8) is 0 Å². The summed E-state index contributed by atoms with van der Waals surface area (Å²) in [4.78, 5) is 14.5. The van der Waals surface area contributed by atoms with Gasteiger partial charge in [0.2, 0.25) is 5.91 Å². The Kier molecular flexibility index (Phi) is 6.49. The molecular formula is C16H24ClN3O. The number of carbonyl (C=O) groups is 1. The molecule has 4 nitrogen and oxygen atoms in total. The van der Waals surface area contributed by atoms with Crippen LogP contribution in [0, 0.1) is 0 Å². The normalized spacial score (nSPS) is 19.4. The van der Waals surface area contributed by atoms with Crippen molar-refractivity contribution in [2.45, 2.75) is 38.1 Å². The zero-order valence-electron chi connectivity index (χ0n) is 12.4. The number of amides is 1. The van der Waals surface area contributed by atoms with Crippen molar-refractivity contribution in [2.75, 3.05) is 25.0 Å². The Morgan fingerprint density at radius 3 is 2.95 bits per heavy atom. The smallest absolute Gasteiger partial charge is 0.225 e. The summed E-state index contributed by atoms with van der Waals surface area (Å²) in [6.45, 7) is 2.58. The first-order chi connectivity index (χ1) is 10.2. The Morgan fingerprint density at radius 1 is 1.38 bits per heavy atom. The van der Waals surface area contributed by atoms with Gasteiger partial charge in [-0.3, -0.25) is 9.69 Å². The van der Waals surface area contributed by atoms with E-state index in [4.69, 9.17) is 17.3 Å². The summed E-state index contributed by atoms with van der Waals surface area (Å²) in [5.74, 6) is 0.0140. The Morgan fingerprint density at radius 2 is 2.19 bits per heavy atom. The van der Waals surface area contributed by atoms with E-state index in [1.54, 1.807) is 6.07 Å². The van der Waals surface area contributed by atoms with Crippen molar-refractivity contribution < 1.29 is 4.79 Å². The minimum Gasteiger partial charge on any atom is -0.330 e. The number of hydrogen-bond donors (Lipinski definition) is 2. The van der Waals surface area contributed by atoms with Gasteiger partial charge in [-0.1, -0.05) is 30.2 Å². The first-order valence-electron chi connectivity index (χ1n) is 7.69. The molecule has 0 bridgehead atoms. The number of nitrogens with zero attached hydrogens (tertiary/aromatic N) is 1. The second-order valence-corrected chi connectivity index (χ2v) is 5.95. The van der Waals surface area contributed by atoms with Gasteiger partial charge in [-0.05, 0) is 44.5 Å². The summed E-state index contributed by atoms with van der Waals surface area (Å²) in [6, 6.07) is 7.85. The highest BCUT2D eigenvalue weighted by Gasteiger charge is 2.21. The molecule has 2 rings (SSSR count). The number of likely N-dealkylation sites (tertiary alicyclic amines) is 1. The van der Waals surface area contributed by atoms with Crippen LogP contribution in [0.2, 0.25) is 5.02 Å². The Balaban J connectivity index is 1.81. The molecule has 1 fully saturated rings. The number of benzene rings is 1. The molecule has 1 aliphatic heterocycles. The van der Waals surface area contributed by atoms with Gasteiger partial charge in [0.25, 0.3) is 0 Å². The van der Waals surface area contributed by atoms with E-state index in [9.17, 15) is 4.79 Å². The third kappa shape index (κ3) is 4.99. The summed E-state index contributed by atoms with van der Waals surface area (Å²) in [6.07, 6.45) is 5.20. The third-order valence-corrected chi connectivity index (χ3v) is 4.35. The van der Waals surface area contributed by atoms with Crippen LogP contribution in [-0.2, 0) is 4.79 Å². The average molecular weight is 310 g/mol. The average Bonchev–Trinajstić information content (AvgIpc) is 2.49. The number of piperidine rings is 1. The maximum absolute atomic E-state index is 12.1. The molecule has 1 amide bonds. The standard InChI is InChI=1S/C16H24ClN3O/c17-14-6-1-2-7-15(14)19-16(21)9-12-20-11-4-3-5-13(20)8-10-18/h1-2,6-7,13H,3-5,8-12,18H2,(H,19,21). The van der Waals surface area contributed by atoms with Crippen LogP contribution in [-0.4, -0.2) is 36.5 Å². The zero-order valence-corrected chi connectivity index (χ0v) is 13.1. The van der Waals surface area contributed by atoms with Crippen LogP contribution < -0.4 is 11.1 Å². The number of anilines is 1. The Hall–Kier alpha value is -1.10. The van der Waals surface area contributed by atoms with Gasteiger partial charge in [0, 0.05) is 19.0 Å². The summed E-state index contributed by atoms with van der Waals surface area (Å²) in [7, 11) is 0. The fraction of sp³-hybridized carbons (Fsp3) is 0.562. The van der Waals surface area contributed by atoms with Gasteiger partial charge in [0.1, 0.15) is 0 Å². The summed E-state index contributed by atoms with van der Waals surface area (Å²) >= 11 is 6.04. The number of rotatable bonds is 6. The molecule has 1 atom stereocenters. The maximum atomic E-state index is 12.1. The van der Waals surface area contributed by atoms with Gasteiger partial charge < -0.3 is 11.1 Å². The molecule has 21 heavy (non-hydrogen) atoms. The number of nitrogens with two attached hydrogens (primary N) is 1. The van der Waals surface area contributed by atoms with E-state index in [-0.39, 0.29) is 5.91 Å². The SMILES string of the molecule is NCCC1CCCCN1CCC(=O)Nc1ccccc1Cl. The van der Waals surface area contributed by atoms with Crippen molar-refractivity contribution in [1.82, 2.24) is 4.90 Å². The molecule has 1 aliphatic rings. The lowest BCUT2D eigenvalue weighted by molar-refractivity contribution is -0.116. The van der Waals surface area contributed by atoms with Crippen molar-refractivity contribution in [3.05, 3.63) is 29.3 Å². The predicted octanol–water partition coefficient (Wildman–Crippen LogP) is 2.87. The summed E-state index contributed by atoms with van der Waals surface area (Å²) < 4.78 is 0. The molecule has 0 aromatic heterocycles. The minimum absolute atomic E-state index is 0.0140. The second kappa shape index (κ2) is 8.37. The van der Waals surface area contributed by atoms with Crippen molar-refractivity contribution in [2.24, 2.45) is 5.73 Å². The maximum Gasteiger partial charge on any atom is 0.225 e. The van der Waals surface area contributed by atoms with Crippen LogP contribution in [0.15, 0.2) is 24.3 Å². The number of carbonyl (C=O) groups excluding carboxylic acids is 1. The fourth-order valence-corrected chi connectivity index (χ4v) is 3.08. The number of hydrogen-bond acceptors (Lipinski definition) is 3. The minimum atomic E-state index is 0.0140. The van der Waals surface area contributed by atoms with Crippen LogP contribution in [0.4, 0.5) is 5.69 Å². The highest BCUT2D eigenvalue weighted by Crippen LogP contribution is 2.22. The third-order valence-electron chi connectivity index (χ3n) is 4.02. The molecule has 1 saturated heterocycles. The van der Waals surface area contributed by atoms with Crippen molar-refractivity contribution >= 4 is 23.2 Å². The first-order valence-corrected chi connectivity index (χ1v) is 8.07. The van der Waals surface area contributed by atoms with E-state index in [1.807, 2.05) is 18.2 Å². The molecular weight excluding hydrogens is 286 g/mol. The zero-order chi connectivity index (χ0) is 15.1. The monoisotopic (exact) mass is 309 g/mol. The lowest BCUT2D eigenvalue weighted by atomic mass is 9.99. The van der Waals surface area contributed by atoms with Gasteiger partial charge in [-0.25, -0.2) is 0 Å². The topological polar surface area (TPSA) is 58.4 Å². The molecule has 5 heteroatoms. The molecule has 1 heterocycles. The van der Waals surface area contributed by atoms with Crippen molar-refractivity contribution in [1.29, 1.82) is 0 Å². The molecule has 0 aliphatic carbocycles. The van der Waals surface area contributed by atoms with Crippen LogP contribution in [0.25, 0.3) is 0 Å². The number of para-hydroxylation sites is 1. The largest absolute Gasteiger partial charge is 0.330 e. The van der Waals surface area contributed by atoms with Gasteiger partial charge in [-0.2, -0.15) is 0 Å². The summed E-state index contributed by atoms with van der Waals surface area (Å²) in [5, 5.41) is 3.45. The first kappa shape index (κ1) is 16.3. The lowest BCUT2D eigenvalue weighted by Crippen LogP contribution is -2.42. The highest BCUT2D eigenvalue weighted by molar-refractivity contribution is 6.33. The molecule has 116 valence electrons. The molecule has 3 N–H and O–H groups in total. The number of nitrogens with one attached hydrogen (secondary N) is 1. The van der Waals surface area contributed by atoms with E-state index >= 15 is 0 Å². The Labute approximate surface area is 131 Å². The quantitative estimate of drug-likeness (QED) is 0.849. The van der Waals surface area contributed by atoms with Gasteiger partial charge >= 0.3 is 0 Å². The van der Waals surface area contributed by atoms with E-state index in [1.165, 1.54) is 19.3 Å². The highest BCUT2D eigenvalue weighted by atomic mass is 35.5. The van der Waals surface area contributed by atoms with E-state index in [0.717, 1.165) is 19.5 Å². The molecule has 0 spiro atoms. The molecule has 0 saturated carbocycles. The van der Waals surface area contributed by atoms with Crippen molar-refractivity contribution in [3.8, 4) is 0 Å². The van der Waals surface area contributed by atoms with Crippen LogP contribution >= 0.6 is 11.6 Å². The molecule has 1 aromatic rings. The predicted molar refractivity (Wildman–Crippen MR) is 87.6 cm³/mol. The number of halogens is 1. The van der Waals surface area contributed by atoms with Crippen LogP contribution in [0.3, 0.4) is 0 Å². The Bertz CT molecular complexity index is 465. The molecule has 1 unspecified atom stereocenters. The van der Waals surface area contributed by atoms with Gasteiger partial charge in [0.05, 0.1) is 10.7 Å². The lowest BCUT2D eigenvalue weighted by Gasteiger charge is -2.35. The second-order valence-electron chi connectivity index (χ2n) is 5.54. The fourth-order valence-electron chi connectivity index (χ4n) is 2.89. The van der Waals surface area contributed by atoms with Crippen LogP contribution in [0.5, 0.6) is 0 Å². The van der Waals surface area contributed by atoms with Crippen LogP contribution in [0.1, 0.15) is 32.1 Å².